The monoisotopic (exact) mass is 348 g/mol. The molecule has 7 heteroatoms. The van der Waals surface area contributed by atoms with Gasteiger partial charge in [0.05, 0.1) is 21.8 Å². The summed E-state index contributed by atoms with van der Waals surface area (Å²) in [5, 5.41) is 11.6. The first kappa shape index (κ1) is 16.0. The molecule has 0 saturated heterocycles. The van der Waals surface area contributed by atoms with Gasteiger partial charge in [0, 0.05) is 12.3 Å². The Morgan fingerprint density at radius 2 is 2.30 bits per heavy atom. The van der Waals surface area contributed by atoms with Gasteiger partial charge >= 0.3 is 5.88 Å². The van der Waals surface area contributed by atoms with E-state index in [1.165, 1.54) is 0 Å². The van der Waals surface area contributed by atoms with E-state index in [-0.39, 0.29) is 11.7 Å². The lowest BCUT2D eigenvalue weighted by Gasteiger charge is -1.96. The van der Waals surface area contributed by atoms with Crippen LogP contribution in [0.2, 0.25) is 0 Å². The molecule has 0 aliphatic heterocycles. The molecule has 0 atom stereocenters. The largest absolute Gasteiger partial charge is 0.475 e. The van der Waals surface area contributed by atoms with Crippen molar-refractivity contribution in [3.8, 4) is 5.88 Å². The minimum absolute atomic E-state index is 0.0176. The van der Waals surface area contributed by atoms with Crippen LogP contribution in [-0.2, 0) is 6.54 Å². The SMILES string of the molecule is CCSCC(=O)c1c(O)[n+](Cc2cnc(C)s2)c2ccccn12. The minimum atomic E-state index is -0.0604. The van der Waals surface area contributed by atoms with Crippen LogP contribution < -0.4 is 4.57 Å². The maximum absolute atomic E-state index is 12.5. The van der Waals surface area contributed by atoms with Crippen LogP contribution in [0.3, 0.4) is 0 Å². The van der Waals surface area contributed by atoms with Gasteiger partial charge in [-0.15, -0.1) is 11.3 Å². The number of hydrogen-bond acceptors (Lipinski definition) is 5. The first-order valence-corrected chi connectivity index (χ1v) is 9.33. The molecule has 3 heterocycles. The second kappa shape index (κ2) is 6.72. The molecule has 0 bridgehead atoms. The molecule has 0 aromatic carbocycles. The first-order valence-electron chi connectivity index (χ1n) is 7.36. The van der Waals surface area contributed by atoms with Crippen LogP contribution in [-0.4, -0.2) is 31.8 Å². The third kappa shape index (κ3) is 3.11. The highest BCUT2D eigenvalue weighted by Gasteiger charge is 2.30. The van der Waals surface area contributed by atoms with Crippen LogP contribution in [0.25, 0.3) is 5.65 Å². The molecule has 0 amide bonds. The summed E-state index contributed by atoms with van der Waals surface area (Å²) in [6.45, 7) is 4.47. The van der Waals surface area contributed by atoms with Crippen molar-refractivity contribution in [3.05, 3.63) is 46.2 Å². The molecule has 3 rings (SSSR count). The molecule has 23 heavy (non-hydrogen) atoms. The molecule has 120 valence electrons. The second-order valence-corrected chi connectivity index (χ2v) is 7.69. The number of hydrogen-bond donors (Lipinski definition) is 1. The fourth-order valence-electron chi connectivity index (χ4n) is 2.50. The van der Waals surface area contributed by atoms with Crippen LogP contribution in [0, 0.1) is 6.92 Å². The van der Waals surface area contributed by atoms with Crippen LogP contribution in [0.1, 0.15) is 27.3 Å². The summed E-state index contributed by atoms with van der Waals surface area (Å²) in [6, 6.07) is 5.66. The Kier molecular flexibility index (Phi) is 4.68. The first-order chi connectivity index (χ1) is 11.1. The Morgan fingerprint density at radius 3 is 3.00 bits per heavy atom. The number of ketones is 1. The van der Waals surface area contributed by atoms with E-state index in [1.807, 2.05) is 44.4 Å². The fraction of sp³-hybridized carbons (Fsp3) is 0.312. The molecule has 3 aromatic heterocycles. The van der Waals surface area contributed by atoms with Gasteiger partial charge in [-0.05, 0) is 18.7 Å². The topological polar surface area (TPSA) is 58.5 Å². The molecule has 5 nitrogen and oxygen atoms in total. The lowest BCUT2D eigenvalue weighted by molar-refractivity contribution is -0.667. The van der Waals surface area contributed by atoms with Gasteiger partial charge in [0.2, 0.25) is 5.78 Å². The van der Waals surface area contributed by atoms with Crippen LogP contribution in [0.15, 0.2) is 30.6 Å². The summed E-state index contributed by atoms with van der Waals surface area (Å²) < 4.78 is 3.53. The van der Waals surface area contributed by atoms with E-state index >= 15 is 0 Å². The molecule has 0 aliphatic rings. The standard InChI is InChI=1S/C16H17N3O2S2/c1-3-22-10-13(20)15-16(21)19(9-12-8-17-11(2)23-12)14-6-4-5-7-18(14)15/h4-8H,3,9-10H2,1-2H3/p+1. The number of pyridine rings is 1. The molecular weight excluding hydrogens is 330 g/mol. The number of thiazole rings is 1. The van der Waals surface area contributed by atoms with E-state index in [4.69, 9.17) is 0 Å². The Hall–Kier alpha value is -1.86. The van der Waals surface area contributed by atoms with Crippen molar-refractivity contribution in [3.63, 3.8) is 0 Å². The number of imidazole rings is 1. The van der Waals surface area contributed by atoms with Crippen molar-refractivity contribution in [1.82, 2.24) is 9.38 Å². The van der Waals surface area contributed by atoms with Crippen molar-refractivity contribution >= 4 is 34.5 Å². The quantitative estimate of drug-likeness (QED) is 0.550. The average Bonchev–Trinajstić information content (AvgIpc) is 3.07. The number of Topliss-reactive ketones (excluding diaryl/α,β-unsaturated/α-hetero) is 1. The predicted octanol–water partition coefficient (Wildman–Crippen LogP) is 2.68. The zero-order chi connectivity index (χ0) is 16.4. The van der Waals surface area contributed by atoms with Crippen molar-refractivity contribution in [1.29, 1.82) is 0 Å². The molecule has 0 fully saturated rings. The average molecular weight is 348 g/mol. The van der Waals surface area contributed by atoms with E-state index in [2.05, 4.69) is 4.98 Å². The highest BCUT2D eigenvalue weighted by molar-refractivity contribution is 7.99. The highest BCUT2D eigenvalue weighted by Crippen LogP contribution is 2.21. The van der Waals surface area contributed by atoms with Gasteiger partial charge < -0.3 is 5.11 Å². The summed E-state index contributed by atoms with van der Waals surface area (Å²) in [6.07, 6.45) is 3.63. The Bertz CT molecular complexity index is 854. The van der Waals surface area contributed by atoms with Crippen molar-refractivity contribution in [2.45, 2.75) is 20.4 Å². The number of thioether (sulfide) groups is 1. The molecule has 1 N–H and O–H groups in total. The van der Waals surface area contributed by atoms with Gasteiger partial charge in [0.1, 0.15) is 6.54 Å². The normalized spacial score (nSPS) is 11.2. The zero-order valence-electron chi connectivity index (χ0n) is 13.0. The van der Waals surface area contributed by atoms with Gasteiger partial charge in [-0.3, -0.25) is 4.79 Å². The molecule has 3 aromatic rings. The maximum Gasteiger partial charge on any atom is 0.335 e. The van der Waals surface area contributed by atoms with Gasteiger partial charge in [0.15, 0.2) is 0 Å². The van der Waals surface area contributed by atoms with Crippen molar-refractivity contribution < 1.29 is 14.5 Å². The van der Waals surface area contributed by atoms with Gasteiger partial charge in [-0.25, -0.2) is 4.98 Å². The summed E-state index contributed by atoms with van der Waals surface area (Å²) in [5.74, 6) is 1.19. The third-order valence-corrected chi connectivity index (χ3v) is 5.28. The number of carbonyl (C=O) groups excluding carboxylic acids is 1. The van der Waals surface area contributed by atoms with E-state index in [0.717, 1.165) is 21.3 Å². The lowest BCUT2D eigenvalue weighted by atomic mass is 10.3. The Balaban J connectivity index is 2.07. The number of aryl methyl sites for hydroxylation is 1. The van der Waals surface area contributed by atoms with Crippen LogP contribution in [0.4, 0.5) is 0 Å². The number of nitrogens with zero attached hydrogens (tertiary/aromatic N) is 3. The van der Waals surface area contributed by atoms with E-state index in [1.54, 1.807) is 32.1 Å². The Labute approximate surface area is 142 Å². The summed E-state index contributed by atoms with van der Waals surface area (Å²) in [5.41, 5.74) is 1.14. The lowest BCUT2D eigenvalue weighted by Crippen LogP contribution is -2.33. The second-order valence-electron chi connectivity index (χ2n) is 5.09. The molecule has 0 saturated carbocycles. The van der Waals surface area contributed by atoms with Crippen LogP contribution in [0.5, 0.6) is 5.88 Å². The number of rotatable bonds is 6. The zero-order valence-corrected chi connectivity index (χ0v) is 14.7. The van der Waals surface area contributed by atoms with E-state index in [0.29, 0.717) is 18.0 Å². The number of carbonyl (C=O) groups is 1. The molecule has 0 aliphatic carbocycles. The summed E-state index contributed by atoms with van der Waals surface area (Å²) >= 11 is 3.14. The number of aromatic hydroxyl groups is 1. The smallest absolute Gasteiger partial charge is 0.335 e. The third-order valence-electron chi connectivity index (χ3n) is 3.51. The highest BCUT2D eigenvalue weighted by atomic mass is 32.2. The van der Waals surface area contributed by atoms with Gasteiger partial charge in [-0.2, -0.15) is 20.7 Å². The summed E-state index contributed by atoms with van der Waals surface area (Å²) in [7, 11) is 0. The van der Waals surface area contributed by atoms with E-state index in [9.17, 15) is 9.90 Å². The molecular formula is C16H18N3O2S2+. The molecule has 0 radical (unpaired) electrons. The van der Waals surface area contributed by atoms with Gasteiger partial charge in [0.25, 0.3) is 11.3 Å². The number of fused-ring (bicyclic) bond motifs is 1. The van der Waals surface area contributed by atoms with Crippen molar-refractivity contribution in [2.75, 3.05) is 11.5 Å². The van der Waals surface area contributed by atoms with E-state index < -0.39 is 0 Å². The Morgan fingerprint density at radius 1 is 1.48 bits per heavy atom. The minimum Gasteiger partial charge on any atom is -0.475 e. The van der Waals surface area contributed by atoms with Gasteiger partial charge in [-0.1, -0.05) is 13.0 Å². The number of aromatic nitrogens is 3. The summed E-state index contributed by atoms with van der Waals surface area (Å²) in [4.78, 5) is 17.8. The molecule has 0 unspecified atom stereocenters. The maximum atomic E-state index is 12.5. The van der Waals surface area contributed by atoms with Crippen LogP contribution >= 0.6 is 23.1 Å². The fourth-order valence-corrected chi connectivity index (χ4v) is 3.81. The predicted molar refractivity (Wildman–Crippen MR) is 92.5 cm³/mol. The van der Waals surface area contributed by atoms with Crippen molar-refractivity contribution in [2.24, 2.45) is 0 Å². The molecule has 0 spiro atoms.